The molecule has 2 aromatic rings. The van der Waals surface area contributed by atoms with E-state index in [9.17, 15) is 18.0 Å². The van der Waals surface area contributed by atoms with E-state index in [-0.39, 0.29) is 27.9 Å². The molecule has 1 aliphatic rings. The Hall–Kier alpha value is -2.30. The van der Waals surface area contributed by atoms with Crippen LogP contribution in [0.1, 0.15) is 52.6 Å². The van der Waals surface area contributed by atoms with Crippen molar-refractivity contribution in [1.29, 1.82) is 0 Å². The van der Waals surface area contributed by atoms with Crippen LogP contribution in [-0.2, 0) is 14.8 Å². The van der Waals surface area contributed by atoms with E-state index in [4.69, 9.17) is 4.74 Å². The third-order valence-electron chi connectivity index (χ3n) is 4.59. The second-order valence-electron chi connectivity index (χ2n) is 6.66. The summed E-state index contributed by atoms with van der Waals surface area (Å²) >= 11 is 1.09. The molecule has 1 aromatic carbocycles. The summed E-state index contributed by atoms with van der Waals surface area (Å²) in [6.45, 7) is 4.63. The summed E-state index contributed by atoms with van der Waals surface area (Å²) in [4.78, 5) is 28.5. The fraction of sp³-hybridized carbons (Fsp3) is 0.421. The first kappa shape index (κ1) is 21.4. The van der Waals surface area contributed by atoms with E-state index in [1.807, 2.05) is 0 Å². The number of aryl methyl sites for hydroxylation is 1. The maximum atomic E-state index is 13.0. The van der Waals surface area contributed by atoms with Gasteiger partial charge in [0.05, 0.1) is 11.5 Å². The van der Waals surface area contributed by atoms with Gasteiger partial charge in [0.25, 0.3) is 5.91 Å². The molecular formula is C19H23N3O5S2. The van der Waals surface area contributed by atoms with Crippen LogP contribution in [0.2, 0.25) is 0 Å². The SMILES string of the molecule is CCOC(=O)c1csc(NC(=O)c2ccc(C)c(S(=O)(=O)N3CCCCC3)c2)n1. The van der Waals surface area contributed by atoms with Crippen molar-refractivity contribution in [3.8, 4) is 0 Å². The lowest BCUT2D eigenvalue weighted by atomic mass is 10.1. The number of benzene rings is 1. The Morgan fingerprint density at radius 2 is 1.97 bits per heavy atom. The average Bonchev–Trinajstić information content (AvgIpc) is 3.17. The van der Waals surface area contributed by atoms with Crippen molar-refractivity contribution >= 4 is 38.4 Å². The monoisotopic (exact) mass is 437 g/mol. The molecule has 2 heterocycles. The number of piperidine rings is 1. The number of carbonyl (C=O) groups is 2. The first-order chi connectivity index (χ1) is 13.8. The van der Waals surface area contributed by atoms with Gasteiger partial charge in [-0.05, 0) is 44.4 Å². The summed E-state index contributed by atoms with van der Waals surface area (Å²) in [6.07, 6.45) is 2.70. The van der Waals surface area contributed by atoms with Crippen molar-refractivity contribution in [2.24, 2.45) is 0 Å². The molecule has 29 heavy (non-hydrogen) atoms. The summed E-state index contributed by atoms with van der Waals surface area (Å²) in [5, 5.41) is 4.34. The number of esters is 1. The van der Waals surface area contributed by atoms with Gasteiger partial charge in [-0.3, -0.25) is 10.1 Å². The Bertz CT molecular complexity index is 1010. The summed E-state index contributed by atoms with van der Waals surface area (Å²) < 4.78 is 32.4. The van der Waals surface area contributed by atoms with Gasteiger partial charge in [0.2, 0.25) is 10.0 Å². The molecule has 0 radical (unpaired) electrons. The lowest BCUT2D eigenvalue weighted by Crippen LogP contribution is -2.36. The zero-order valence-corrected chi connectivity index (χ0v) is 17.9. The van der Waals surface area contributed by atoms with Crippen molar-refractivity contribution in [3.05, 3.63) is 40.4 Å². The molecule has 156 valence electrons. The molecular weight excluding hydrogens is 414 g/mol. The highest BCUT2D eigenvalue weighted by Gasteiger charge is 2.28. The maximum absolute atomic E-state index is 13.0. The number of thiazole rings is 1. The molecule has 0 aliphatic carbocycles. The smallest absolute Gasteiger partial charge is 0.357 e. The number of hydrogen-bond acceptors (Lipinski definition) is 7. The second-order valence-corrected chi connectivity index (χ2v) is 9.42. The fourth-order valence-corrected chi connectivity index (χ4v) is 5.51. The normalized spacial score (nSPS) is 15.1. The minimum absolute atomic E-state index is 0.115. The molecule has 1 aliphatic heterocycles. The maximum Gasteiger partial charge on any atom is 0.357 e. The predicted octanol–water partition coefficient (Wildman–Crippen LogP) is 3.06. The minimum atomic E-state index is -3.66. The Kier molecular flexibility index (Phi) is 6.66. The predicted molar refractivity (Wildman–Crippen MR) is 110 cm³/mol. The number of nitrogens with zero attached hydrogens (tertiary/aromatic N) is 2. The van der Waals surface area contributed by atoms with E-state index in [0.717, 1.165) is 30.6 Å². The lowest BCUT2D eigenvalue weighted by molar-refractivity contribution is 0.0520. The molecule has 1 amide bonds. The van der Waals surface area contributed by atoms with E-state index in [1.54, 1.807) is 26.0 Å². The Morgan fingerprint density at radius 3 is 2.66 bits per heavy atom. The number of sulfonamides is 1. The van der Waals surface area contributed by atoms with Crippen molar-refractivity contribution in [2.75, 3.05) is 25.0 Å². The van der Waals surface area contributed by atoms with E-state index in [0.29, 0.717) is 18.7 Å². The van der Waals surface area contributed by atoms with Gasteiger partial charge in [0.15, 0.2) is 10.8 Å². The first-order valence-electron chi connectivity index (χ1n) is 9.37. The van der Waals surface area contributed by atoms with Gasteiger partial charge in [-0.2, -0.15) is 4.31 Å². The summed E-state index contributed by atoms with van der Waals surface area (Å²) in [6, 6.07) is 4.59. The number of anilines is 1. The van der Waals surface area contributed by atoms with E-state index >= 15 is 0 Å². The number of hydrogen-bond donors (Lipinski definition) is 1. The van der Waals surface area contributed by atoms with Gasteiger partial charge in [0, 0.05) is 24.0 Å². The molecule has 10 heteroatoms. The number of rotatable bonds is 6. The van der Waals surface area contributed by atoms with Crippen LogP contribution in [0.25, 0.3) is 0 Å². The van der Waals surface area contributed by atoms with Crippen LogP contribution in [0.5, 0.6) is 0 Å². The van der Waals surface area contributed by atoms with Crippen molar-refractivity contribution in [2.45, 2.75) is 38.0 Å². The van der Waals surface area contributed by atoms with Crippen molar-refractivity contribution in [1.82, 2.24) is 9.29 Å². The molecule has 1 N–H and O–H groups in total. The highest BCUT2D eigenvalue weighted by molar-refractivity contribution is 7.89. The molecule has 0 unspecified atom stereocenters. The molecule has 1 aromatic heterocycles. The minimum Gasteiger partial charge on any atom is -0.461 e. The highest BCUT2D eigenvalue weighted by Crippen LogP contribution is 2.25. The zero-order valence-electron chi connectivity index (χ0n) is 16.3. The Morgan fingerprint density at radius 1 is 1.24 bits per heavy atom. The van der Waals surface area contributed by atoms with Crippen LogP contribution in [0.3, 0.4) is 0 Å². The molecule has 8 nitrogen and oxygen atoms in total. The van der Waals surface area contributed by atoms with Crippen LogP contribution in [0, 0.1) is 6.92 Å². The molecule has 0 atom stereocenters. The quantitative estimate of drug-likeness (QED) is 0.696. The van der Waals surface area contributed by atoms with Crippen LogP contribution in [-0.4, -0.2) is 49.3 Å². The number of nitrogens with one attached hydrogen (secondary N) is 1. The third-order valence-corrected chi connectivity index (χ3v) is 7.39. The average molecular weight is 438 g/mol. The van der Waals surface area contributed by atoms with Gasteiger partial charge >= 0.3 is 5.97 Å². The molecule has 3 rings (SSSR count). The standard InChI is InChI=1S/C19H23N3O5S2/c1-3-27-18(24)15-12-28-19(20-15)21-17(23)14-8-7-13(2)16(11-14)29(25,26)22-9-5-4-6-10-22/h7-8,11-12H,3-6,9-10H2,1-2H3,(H,20,21,23). The Labute approximate surface area is 173 Å². The molecule has 0 saturated carbocycles. The number of carbonyl (C=O) groups excluding carboxylic acids is 2. The summed E-state index contributed by atoms with van der Waals surface area (Å²) in [5.41, 5.74) is 0.912. The highest BCUT2D eigenvalue weighted by atomic mass is 32.2. The summed E-state index contributed by atoms with van der Waals surface area (Å²) in [7, 11) is -3.66. The number of aromatic nitrogens is 1. The van der Waals surface area contributed by atoms with E-state index < -0.39 is 21.9 Å². The first-order valence-corrected chi connectivity index (χ1v) is 11.7. The largest absolute Gasteiger partial charge is 0.461 e. The Balaban J connectivity index is 1.80. The lowest BCUT2D eigenvalue weighted by Gasteiger charge is -2.26. The summed E-state index contributed by atoms with van der Waals surface area (Å²) in [5.74, 6) is -1.06. The van der Waals surface area contributed by atoms with Gasteiger partial charge < -0.3 is 4.74 Å². The molecule has 1 fully saturated rings. The van der Waals surface area contributed by atoms with Gasteiger partial charge in [-0.1, -0.05) is 12.5 Å². The van der Waals surface area contributed by atoms with E-state index in [1.165, 1.54) is 15.8 Å². The van der Waals surface area contributed by atoms with Crippen LogP contribution in [0.15, 0.2) is 28.5 Å². The van der Waals surface area contributed by atoms with Gasteiger partial charge in [0.1, 0.15) is 0 Å². The molecule has 1 saturated heterocycles. The van der Waals surface area contributed by atoms with Crippen molar-refractivity contribution in [3.63, 3.8) is 0 Å². The van der Waals surface area contributed by atoms with Crippen LogP contribution in [0.4, 0.5) is 5.13 Å². The number of ether oxygens (including phenoxy) is 1. The number of amides is 1. The third kappa shape index (κ3) is 4.82. The van der Waals surface area contributed by atoms with E-state index in [2.05, 4.69) is 10.3 Å². The zero-order chi connectivity index (χ0) is 21.0. The van der Waals surface area contributed by atoms with Gasteiger partial charge in [-0.25, -0.2) is 18.2 Å². The van der Waals surface area contributed by atoms with Crippen LogP contribution < -0.4 is 5.32 Å². The topological polar surface area (TPSA) is 106 Å². The molecule has 0 bridgehead atoms. The van der Waals surface area contributed by atoms with Gasteiger partial charge in [-0.15, -0.1) is 11.3 Å². The van der Waals surface area contributed by atoms with Crippen LogP contribution >= 0.6 is 11.3 Å². The van der Waals surface area contributed by atoms with Crippen molar-refractivity contribution < 1.29 is 22.7 Å². The fourth-order valence-electron chi connectivity index (χ4n) is 3.06. The second kappa shape index (κ2) is 9.02. The molecule has 0 spiro atoms.